The number of para-hydroxylation sites is 1. The minimum Gasteiger partial charge on any atom is -0.488 e. The van der Waals surface area contributed by atoms with Gasteiger partial charge < -0.3 is 15.0 Å². The number of nitrogens with one attached hydrogen (secondary N) is 2. The fourth-order valence-corrected chi connectivity index (χ4v) is 2.67. The van der Waals surface area contributed by atoms with Crippen LogP contribution >= 0.6 is 0 Å². The first-order valence-corrected chi connectivity index (χ1v) is 7.71. The molecular weight excluding hydrogens is 304 g/mol. The average Bonchev–Trinajstić information content (AvgIpc) is 3.16. The Kier molecular flexibility index (Phi) is 3.63. The van der Waals surface area contributed by atoms with Crippen molar-refractivity contribution in [1.29, 1.82) is 0 Å². The van der Waals surface area contributed by atoms with Gasteiger partial charge in [-0.15, -0.1) is 0 Å². The molecule has 0 saturated heterocycles. The summed E-state index contributed by atoms with van der Waals surface area (Å²) in [7, 11) is 0. The maximum atomic E-state index is 12.6. The van der Waals surface area contributed by atoms with Crippen molar-refractivity contribution >= 4 is 17.5 Å². The van der Waals surface area contributed by atoms with Gasteiger partial charge in [0, 0.05) is 29.3 Å². The van der Waals surface area contributed by atoms with E-state index in [1.807, 2.05) is 54.7 Å². The van der Waals surface area contributed by atoms with Crippen molar-refractivity contribution in [2.24, 2.45) is 0 Å². The van der Waals surface area contributed by atoms with Crippen LogP contribution in [0.2, 0.25) is 0 Å². The summed E-state index contributed by atoms with van der Waals surface area (Å²) in [4.78, 5) is 21.7. The largest absolute Gasteiger partial charge is 0.488 e. The van der Waals surface area contributed by atoms with Gasteiger partial charge in [0.05, 0.1) is 6.54 Å². The van der Waals surface area contributed by atoms with E-state index in [-0.39, 0.29) is 6.03 Å². The van der Waals surface area contributed by atoms with Crippen molar-refractivity contribution < 1.29 is 9.53 Å². The van der Waals surface area contributed by atoms with Crippen molar-refractivity contribution in [3.05, 3.63) is 60.9 Å². The molecule has 3 aromatic rings. The molecule has 6 nitrogen and oxygen atoms in total. The number of aromatic nitrogens is 2. The van der Waals surface area contributed by atoms with Crippen LogP contribution in [0.15, 0.2) is 60.9 Å². The van der Waals surface area contributed by atoms with Crippen LogP contribution in [0.4, 0.5) is 16.3 Å². The fourth-order valence-electron chi connectivity index (χ4n) is 2.67. The van der Waals surface area contributed by atoms with Gasteiger partial charge in [-0.2, -0.15) is 0 Å². The number of fused-ring (bicyclic) bond motifs is 1. The predicted octanol–water partition coefficient (Wildman–Crippen LogP) is 3.51. The quantitative estimate of drug-likeness (QED) is 0.759. The second-order valence-corrected chi connectivity index (χ2v) is 5.43. The van der Waals surface area contributed by atoms with Gasteiger partial charge >= 0.3 is 6.03 Å². The molecule has 1 aliphatic heterocycles. The highest BCUT2D eigenvalue weighted by atomic mass is 16.5. The molecule has 120 valence electrons. The number of carbonyl (C=O) groups is 1. The van der Waals surface area contributed by atoms with Gasteiger partial charge in [-0.05, 0) is 30.3 Å². The standard InChI is InChI=1S/C18H16N4O2/c23-18(21-14-5-2-1-3-6-14)22-9-10-24-16-11-13(12-20-17(16)22)15-7-4-8-19-15/h1-8,11-12,19H,9-10H2,(H,21,23). The summed E-state index contributed by atoms with van der Waals surface area (Å²) in [6.45, 7) is 0.894. The summed E-state index contributed by atoms with van der Waals surface area (Å²) in [5.41, 5.74) is 2.63. The lowest BCUT2D eigenvalue weighted by Crippen LogP contribution is -2.41. The summed E-state index contributed by atoms with van der Waals surface area (Å²) in [5, 5.41) is 2.88. The van der Waals surface area contributed by atoms with E-state index in [0.717, 1.165) is 16.9 Å². The summed E-state index contributed by atoms with van der Waals surface area (Å²) >= 11 is 0. The fraction of sp³-hybridized carbons (Fsp3) is 0.111. The molecule has 6 heteroatoms. The second-order valence-electron chi connectivity index (χ2n) is 5.43. The number of hydrogen-bond acceptors (Lipinski definition) is 3. The molecule has 0 radical (unpaired) electrons. The molecule has 2 aromatic heterocycles. The number of pyridine rings is 1. The Morgan fingerprint density at radius 2 is 2.08 bits per heavy atom. The zero-order valence-electron chi connectivity index (χ0n) is 12.9. The van der Waals surface area contributed by atoms with E-state index in [9.17, 15) is 4.79 Å². The van der Waals surface area contributed by atoms with Gasteiger partial charge in [0.2, 0.25) is 0 Å². The predicted molar refractivity (Wildman–Crippen MR) is 92.3 cm³/mol. The topological polar surface area (TPSA) is 70.2 Å². The van der Waals surface area contributed by atoms with E-state index < -0.39 is 0 Å². The number of H-pyrrole nitrogens is 1. The van der Waals surface area contributed by atoms with Crippen molar-refractivity contribution in [3.63, 3.8) is 0 Å². The number of hydrogen-bond donors (Lipinski definition) is 2. The third kappa shape index (κ3) is 2.69. The first-order valence-electron chi connectivity index (χ1n) is 7.71. The molecule has 0 atom stereocenters. The average molecular weight is 320 g/mol. The first kappa shape index (κ1) is 14.3. The summed E-state index contributed by atoms with van der Waals surface area (Å²) in [6.07, 6.45) is 3.59. The Morgan fingerprint density at radius 3 is 2.88 bits per heavy atom. The molecule has 24 heavy (non-hydrogen) atoms. The van der Waals surface area contributed by atoms with Crippen LogP contribution in [0.3, 0.4) is 0 Å². The van der Waals surface area contributed by atoms with Crippen molar-refractivity contribution in [2.45, 2.75) is 0 Å². The Hall–Kier alpha value is -3.28. The third-order valence-electron chi connectivity index (χ3n) is 3.84. The molecule has 0 aliphatic carbocycles. The highest BCUT2D eigenvalue weighted by Gasteiger charge is 2.25. The summed E-state index contributed by atoms with van der Waals surface area (Å²) < 4.78 is 5.69. The van der Waals surface area contributed by atoms with Crippen LogP contribution in [-0.2, 0) is 0 Å². The lowest BCUT2D eigenvalue weighted by Gasteiger charge is -2.28. The van der Waals surface area contributed by atoms with E-state index in [2.05, 4.69) is 15.3 Å². The zero-order valence-corrected chi connectivity index (χ0v) is 12.9. The molecule has 0 unspecified atom stereocenters. The normalized spacial score (nSPS) is 13.1. The number of aromatic amines is 1. The number of rotatable bonds is 2. The van der Waals surface area contributed by atoms with Crippen molar-refractivity contribution in [1.82, 2.24) is 9.97 Å². The summed E-state index contributed by atoms with van der Waals surface area (Å²) in [5.74, 6) is 1.14. The number of amides is 2. The molecule has 4 rings (SSSR count). The maximum absolute atomic E-state index is 12.6. The number of urea groups is 1. The second kappa shape index (κ2) is 6.08. The van der Waals surface area contributed by atoms with Gasteiger partial charge in [-0.25, -0.2) is 9.78 Å². The van der Waals surface area contributed by atoms with E-state index in [1.54, 1.807) is 11.1 Å². The highest BCUT2D eigenvalue weighted by Crippen LogP contribution is 2.33. The lowest BCUT2D eigenvalue weighted by molar-refractivity contribution is 0.249. The van der Waals surface area contributed by atoms with Crippen LogP contribution in [0.1, 0.15) is 0 Å². The first-order chi connectivity index (χ1) is 11.8. The number of carbonyl (C=O) groups excluding carboxylic acids is 1. The van der Waals surface area contributed by atoms with Crippen molar-refractivity contribution in [2.75, 3.05) is 23.4 Å². The molecule has 2 amide bonds. The van der Waals surface area contributed by atoms with Gasteiger partial charge in [0.1, 0.15) is 6.61 Å². The van der Waals surface area contributed by atoms with Crippen LogP contribution < -0.4 is 15.0 Å². The van der Waals surface area contributed by atoms with Crippen LogP contribution in [0.5, 0.6) is 5.75 Å². The van der Waals surface area contributed by atoms with Gasteiger partial charge in [0.25, 0.3) is 0 Å². The van der Waals surface area contributed by atoms with E-state index in [4.69, 9.17) is 4.74 Å². The van der Waals surface area contributed by atoms with Gasteiger partial charge in [-0.1, -0.05) is 18.2 Å². The van der Waals surface area contributed by atoms with Crippen LogP contribution in [0.25, 0.3) is 11.3 Å². The number of anilines is 2. The zero-order chi connectivity index (χ0) is 16.4. The molecule has 0 saturated carbocycles. The summed E-state index contributed by atoms with van der Waals surface area (Å²) in [6, 6.07) is 14.9. The van der Waals surface area contributed by atoms with Gasteiger partial charge in [0.15, 0.2) is 11.6 Å². The minimum atomic E-state index is -0.217. The Morgan fingerprint density at radius 1 is 1.21 bits per heavy atom. The number of benzene rings is 1. The monoisotopic (exact) mass is 320 g/mol. The smallest absolute Gasteiger partial charge is 0.327 e. The molecule has 0 fully saturated rings. The van der Waals surface area contributed by atoms with Crippen LogP contribution in [-0.4, -0.2) is 29.2 Å². The molecule has 0 spiro atoms. The van der Waals surface area contributed by atoms with E-state index in [1.165, 1.54) is 0 Å². The van der Waals surface area contributed by atoms with Gasteiger partial charge in [-0.3, -0.25) is 4.90 Å². The third-order valence-corrected chi connectivity index (χ3v) is 3.84. The molecular formula is C18H16N4O2. The Bertz CT molecular complexity index is 847. The van der Waals surface area contributed by atoms with E-state index in [0.29, 0.717) is 24.7 Å². The van der Waals surface area contributed by atoms with Crippen LogP contribution in [0, 0.1) is 0 Å². The van der Waals surface area contributed by atoms with Crippen molar-refractivity contribution in [3.8, 4) is 17.0 Å². The molecule has 3 heterocycles. The SMILES string of the molecule is O=C(Nc1ccccc1)N1CCOc2cc(-c3ccc[nH]3)cnc21. The highest BCUT2D eigenvalue weighted by molar-refractivity contribution is 6.02. The molecule has 2 N–H and O–H groups in total. The molecule has 0 bridgehead atoms. The minimum absolute atomic E-state index is 0.217. The molecule has 1 aromatic carbocycles. The Labute approximate surface area is 139 Å². The maximum Gasteiger partial charge on any atom is 0.327 e. The number of nitrogens with zero attached hydrogens (tertiary/aromatic N) is 2. The van der Waals surface area contributed by atoms with E-state index >= 15 is 0 Å². The lowest BCUT2D eigenvalue weighted by atomic mass is 10.2. The number of ether oxygens (including phenoxy) is 1. The Balaban J connectivity index is 1.60. The molecule has 1 aliphatic rings.